The van der Waals surface area contributed by atoms with E-state index in [4.69, 9.17) is 0 Å². The van der Waals surface area contributed by atoms with E-state index in [1.54, 1.807) is 12.1 Å². The number of hydrogen-bond donors (Lipinski definition) is 4. The van der Waals surface area contributed by atoms with Crippen molar-refractivity contribution in [2.24, 2.45) is 0 Å². The van der Waals surface area contributed by atoms with Gasteiger partial charge in [-0.05, 0) is 49.3 Å². The average molecular weight is 685 g/mol. The molecule has 0 fully saturated rings. The molecule has 18 heteroatoms. The molecule has 4 rings (SSSR count). The van der Waals surface area contributed by atoms with Crippen LogP contribution in [0.4, 0.5) is 23.3 Å². The predicted octanol–water partition coefficient (Wildman–Crippen LogP) is 5.80. The number of nitrogens with one attached hydrogen (secondary N) is 2. The van der Waals surface area contributed by atoms with Crippen molar-refractivity contribution in [3.63, 3.8) is 0 Å². The first-order valence-electron chi connectivity index (χ1n) is 11.6. The average Bonchev–Trinajstić information content (AvgIpc) is 2.95. The van der Waals surface area contributed by atoms with Gasteiger partial charge in [0.15, 0.2) is 0 Å². The topological polar surface area (TPSA) is 184 Å². The lowest BCUT2D eigenvalue weighted by molar-refractivity contribution is 0.480. The molecule has 0 aliphatic carbocycles. The van der Waals surface area contributed by atoms with Crippen LogP contribution in [-0.2, 0) is 20.2 Å². The maximum atomic E-state index is 12.5. The Morgan fingerprint density at radius 2 is 0.857 bits per heavy atom. The van der Waals surface area contributed by atoms with E-state index < -0.39 is 30.0 Å². The molecule has 2 aromatic heterocycles. The standard InChI is InChI=1S/C24H24N6O6S6/c1-37-19-11-20(38-2)28-23(27-19)25-13-5-7-15(17(9-13)41(31,32)33)16-8-6-14(10-18(16)42(34,35)36)26-24-29-21(39-3)12-22(30-24)40-4/h5-12H,1-4H3,(H,25,27,28)(H,26,29,30)(H,31,32,33)(H,34,35,36). The van der Waals surface area contributed by atoms with Crippen LogP contribution >= 0.6 is 47.0 Å². The van der Waals surface area contributed by atoms with Crippen molar-refractivity contribution in [3.8, 4) is 11.1 Å². The highest BCUT2D eigenvalue weighted by Crippen LogP contribution is 2.37. The molecule has 0 spiro atoms. The Morgan fingerprint density at radius 1 is 0.548 bits per heavy atom. The summed E-state index contributed by atoms with van der Waals surface area (Å²) in [6.45, 7) is 0. The Morgan fingerprint density at radius 3 is 1.12 bits per heavy atom. The maximum Gasteiger partial charge on any atom is 0.295 e. The van der Waals surface area contributed by atoms with Gasteiger partial charge in [-0.1, -0.05) is 12.1 Å². The second-order valence-corrected chi connectivity index (χ2v) is 14.3. The van der Waals surface area contributed by atoms with Gasteiger partial charge in [-0.15, -0.1) is 47.0 Å². The molecule has 0 radical (unpaired) electrons. The van der Waals surface area contributed by atoms with Gasteiger partial charge in [-0.25, -0.2) is 19.9 Å². The van der Waals surface area contributed by atoms with Crippen molar-refractivity contribution >= 4 is 90.6 Å². The molecule has 4 N–H and O–H groups in total. The van der Waals surface area contributed by atoms with Gasteiger partial charge in [0.1, 0.15) is 29.9 Å². The second kappa shape index (κ2) is 13.4. The number of hydrogen-bond acceptors (Lipinski definition) is 14. The van der Waals surface area contributed by atoms with Crippen molar-refractivity contribution in [2.45, 2.75) is 29.9 Å². The summed E-state index contributed by atoms with van der Waals surface area (Å²) in [5.74, 6) is 0.401. The van der Waals surface area contributed by atoms with E-state index >= 15 is 0 Å². The molecule has 0 saturated carbocycles. The molecule has 0 amide bonds. The third kappa shape index (κ3) is 7.87. The zero-order valence-electron chi connectivity index (χ0n) is 22.4. The van der Waals surface area contributed by atoms with Crippen LogP contribution in [0.1, 0.15) is 0 Å². The van der Waals surface area contributed by atoms with Gasteiger partial charge in [0.2, 0.25) is 11.9 Å². The molecule has 222 valence electrons. The van der Waals surface area contributed by atoms with Gasteiger partial charge in [0.25, 0.3) is 20.2 Å². The number of nitrogens with zero attached hydrogens (tertiary/aromatic N) is 4. The van der Waals surface area contributed by atoms with E-state index in [9.17, 15) is 25.9 Å². The minimum Gasteiger partial charge on any atom is -0.324 e. The van der Waals surface area contributed by atoms with Crippen molar-refractivity contribution in [1.29, 1.82) is 0 Å². The number of aromatic nitrogens is 4. The van der Waals surface area contributed by atoms with Gasteiger partial charge in [-0.2, -0.15) is 16.8 Å². The molecule has 0 unspecified atom stereocenters. The van der Waals surface area contributed by atoms with E-state index in [1.807, 2.05) is 25.0 Å². The summed E-state index contributed by atoms with van der Waals surface area (Å²) in [6, 6.07) is 11.4. The molecule has 0 atom stereocenters. The van der Waals surface area contributed by atoms with Crippen LogP contribution < -0.4 is 10.6 Å². The van der Waals surface area contributed by atoms with Gasteiger partial charge in [0.05, 0.1) is 0 Å². The van der Waals surface area contributed by atoms with E-state index in [2.05, 4.69) is 30.6 Å². The lowest BCUT2D eigenvalue weighted by Gasteiger charge is -2.15. The molecule has 0 bridgehead atoms. The molecule has 0 aliphatic heterocycles. The summed E-state index contributed by atoms with van der Waals surface area (Å²) < 4.78 is 70.0. The van der Waals surface area contributed by atoms with E-state index in [-0.39, 0.29) is 34.4 Å². The molecule has 2 heterocycles. The normalized spacial score (nSPS) is 11.9. The molecule has 0 aliphatic rings. The maximum absolute atomic E-state index is 12.5. The van der Waals surface area contributed by atoms with Crippen LogP contribution in [0.15, 0.2) is 78.4 Å². The number of thioether (sulfide) groups is 4. The SMILES string of the molecule is CSc1cc(SC)nc(Nc2ccc(-c3ccc(Nc4nc(SC)cc(SC)n4)cc3S(=O)(=O)O)c(S(=O)(=O)O)c2)n1. The van der Waals surface area contributed by atoms with Crippen molar-refractivity contribution < 1.29 is 25.9 Å². The highest BCUT2D eigenvalue weighted by molar-refractivity contribution is 7.99. The van der Waals surface area contributed by atoms with Crippen LogP contribution in [-0.4, -0.2) is 70.9 Å². The fourth-order valence-electron chi connectivity index (χ4n) is 3.67. The molecule has 12 nitrogen and oxygen atoms in total. The number of benzene rings is 2. The van der Waals surface area contributed by atoms with Crippen LogP contribution in [0, 0.1) is 0 Å². The molecular weight excluding hydrogens is 661 g/mol. The highest BCUT2D eigenvalue weighted by Gasteiger charge is 2.24. The summed E-state index contributed by atoms with van der Waals surface area (Å²) in [7, 11) is -9.73. The second-order valence-electron chi connectivity index (χ2n) is 8.17. The van der Waals surface area contributed by atoms with Crippen LogP contribution in [0.5, 0.6) is 0 Å². The number of anilines is 4. The highest BCUT2D eigenvalue weighted by atomic mass is 32.2. The Labute approximate surface area is 260 Å². The first-order valence-corrected chi connectivity index (χ1v) is 19.3. The van der Waals surface area contributed by atoms with Crippen LogP contribution in [0.3, 0.4) is 0 Å². The first-order chi connectivity index (χ1) is 19.8. The fraction of sp³-hybridized carbons (Fsp3) is 0.167. The monoisotopic (exact) mass is 684 g/mol. The largest absolute Gasteiger partial charge is 0.324 e. The molecule has 0 saturated heterocycles. The Kier molecular flexibility index (Phi) is 10.3. The Bertz CT molecular complexity index is 1680. The zero-order valence-corrected chi connectivity index (χ0v) is 27.3. The van der Waals surface area contributed by atoms with Gasteiger partial charge >= 0.3 is 0 Å². The summed E-state index contributed by atoms with van der Waals surface area (Å²) >= 11 is 5.61. The van der Waals surface area contributed by atoms with Gasteiger partial charge < -0.3 is 10.6 Å². The summed E-state index contributed by atoms with van der Waals surface area (Å²) in [5.41, 5.74) is 0.129. The van der Waals surface area contributed by atoms with Gasteiger partial charge in [0, 0.05) is 34.6 Å². The smallest absolute Gasteiger partial charge is 0.295 e. The van der Waals surface area contributed by atoms with E-state index in [0.717, 1.165) is 12.1 Å². The Hall–Kier alpha value is -2.58. The fourth-order valence-corrected chi connectivity index (χ4v) is 6.91. The van der Waals surface area contributed by atoms with E-state index in [1.165, 1.54) is 71.3 Å². The third-order valence-electron chi connectivity index (χ3n) is 5.52. The summed E-state index contributed by atoms with van der Waals surface area (Å²) in [5, 5.41) is 8.59. The number of rotatable bonds is 11. The van der Waals surface area contributed by atoms with Gasteiger partial charge in [-0.3, -0.25) is 9.11 Å². The minimum atomic E-state index is -4.86. The van der Waals surface area contributed by atoms with Crippen LogP contribution in [0.2, 0.25) is 0 Å². The lowest BCUT2D eigenvalue weighted by Crippen LogP contribution is -2.07. The minimum absolute atomic E-state index is 0.156. The summed E-state index contributed by atoms with van der Waals surface area (Å²) in [4.78, 5) is 16.3. The third-order valence-corrected chi connectivity index (χ3v) is 9.81. The molecular formula is C24H24N6O6S6. The molecule has 4 aromatic rings. The van der Waals surface area contributed by atoms with E-state index in [0.29, 0.717) is 20.1 Å². The predicted molar refractivity (Wildman–Crippen MR) is 169 cm³/mol. The summed E-state index contributed by atoms with van der Waals surface area (Å²) in [6.07, 6.45) is 7.41. The quantitative estimate of drug-likeness (QED) is 0.0843. The molecule has 42 heavy (non-hydrogen) atoms. The first kappa shape index (κ1) is 32.3. The Balaban J connectivity index is 1.79. The zero-order chi connectivity index (χ0) is 30.7. The van der Waals surface area contributed by atoms with Crippen molar-refractivity contribution in [1.82, 2.24) is 19.9 Å². The lowest BCUT2D eigenvalue weighted by atomic mass is 10.0. The van der Waals surface area contributed by atoms with Crippen LogP contribution in [0.25, 0.3) is 11.1 Å². The van der Waals surface area contributed by atoms with Crippen molar-refractivity contribution in [2.75, 3.05) is 35.7 Å². The molecule has 2 aromatic carbocycles. The van der Waals surface area contributed by atoms with Crippen molar-refractivity contribution in [3.05, 3.63) is 48.5 Å².